The maximum atomic E-state index is 11.9. The molecule has 2 aliphatic carbocycles. The van der Waals surface area contributed by atoms with Crippen LogP contribution in [0.2, 0.25) is 0 Å². The van der Waals surface area contributed by atoms with Gasteiger partial charge in [0.1, 0.15) is 11.2 Å². The monoisotopic (exact) mass is 266 g/mol. The first-order valence-corrected chi connectivity index (χ1v) is 6.66. The first-order valence-electron chi connectivity index (χ1n) is 6.66. The Bertz CT molecular complexity index is 438. The highest BCUT2D eigenvalue weighted by Gasteiger charge is 2.72. The molecule has 1 saturated carbocycles. The second-order valence-electron chi connectivity index (χ2n) is 5.59. The molecule has 19 heavy (non-hydrogen) atoms. The zero-order valence-electron chi connectivity index (χ0n) is 11.3. The van der Waals surface area contributed by atoms with E-state index in [1.807, 2.05) is 0 Å². The largest absolute Gasteiger partial charge is 0.466 e. The number of esters is 2. The second-order valence-corrected chi connectivity index (χ2v) is 5.59. The van der Waals surface area contributed by atoms with E-state index >= 15 is 0 Å². The highest BCUT2D eigenvalue weighted by Crippen LogP contribution is 2.65. The molecule has 3 aliphatic rings. The average molecular weight is 266 g/mol. The summed E-state index contributed by atoms with van der Waals surface area (Å²) in [4.78, 5) is 23.8. The molecule has 2 fully saturated rings. The van der Waals surface area contributed by atoms with E-state index in [0.29, 0.717) is 24.0 Å². The van der Waals surface area contributed by atoms with E-state index in [9.17, 15) is 9.59 Å². The van der Waals surface area contributed by atoms with E-state index in [4.69, 9.17) is 14.2 Å². The molecule has 104 valence electrons. The highest BCUT2D eigenvalue weighted by atomic mass is 16.6. The van der Waals surface area contributed by atoms with Crippen molar-refractivity contribution in [2.24, 2.45) is 0 Å². The van der Waals surface area contributed by atoms with Crippen LogP contribution < -0.4 is 0 Å². The number of hydrogen-bond acceptors (Lipinski definition) is 5. The molecule has 5 nitrogen and oxygen atoms in total. The van der Waals surface area contributed by atoms with Crippen LogP contribution in [0.3, 0.4) is 0 Å². The van der Waals surface area contributed by atoms with Gasteiger partial charge in [-0.2, -0.15) is 0 Å². The van der Waals surface area contributed by atoms with E-state index < -0.39 is 11.9 Å². The lowest BCUT2D eigenvalue weighted by Crippen LogP contribution is -2.37. The van der Waals surface area contributed by atoms with Crippen molar-refractivity contribution in [1.82, 2.24) is 0 Å². The Hall–Kier alpha value is -1.36. The Morgan fingerprint density at radius 2 is 1.37 bits per heavy atom. The predicted octanol–water partition coefficient (Wildman–Crippen LogP) is 1.50. The Morgan fingerprint density at radius 3 is 1.74 bits per heavy atom. The second kappa shape index (κ2) is 4.07. The summed E-state index contributed by atoms with van der Waals surface area (Å²) in [5, 5.41) is 0. The molecule has 0 amide bonds. The third-order valence-electron chi connectivity index (χ3n) is 4.74. The van der Waals surface area contributed by atoms with Crippen LogP contribution in [0.5, 0.6) is 0 Å². The third kappa shape index (κ3) is 1.64. The van der Waals surface area contributed by atoms with Gasteiger partial charge in [-0.25, -0.2) is 9.59 Å². The van der Waals surface area contributed by atoms with Crippen molar-refractivity contribution in [1.29, 1.82) is 0 Å². The number of rotatable bonds is 2. The van der Waals surface area contributed by atoms with Crippen molar-refractivity contribution in [3.8, 4) is 0 Å². The summed E-state index contributed by atoms with van der Waals surface area (Å²) in [6.07, 6.45) is 5.10. The SMILES string of the molecule is COC(=O)C1=C(C(=O)OC)C[C@]23CCCC[C@]2(C1)O3. The molecule has 0 N–H and O–H groups in total. The fraction of sp³-hybridized carbons (Fsp3) is 0.714. The topological polar surface area (TPSA) is 65.1 Å². The van der Waals surface area contributed by atoms with E-state index in [0.717, 1.165) is 25.7 Å². The van der Waals surface area contributed by atoms with Gasteiger partial charge in [0, 0.05) is 12.8 Å². The van der Waals surface area contributed by atoms with E-state index in [-0.39, 0.29) is 11.2 Å². The quantitative estimate of drug-likeness (QED) is 0.560. The summed E-state index contributed by atoms with van der Waals surface area (Å²) in [6, 6.07) is 0. The van der Waals surface area contributed by atoms with Crippen LogP contribution in [-0.2, 0) is 23.8 Å². The summed E-state index contributed by atoms with van der Waals surface area (Å²) in [6.45, 7) is 0. The molecule has 0 unspecified atom stereocenters. The van der Waals surface area contributed by atoms with Crippen LogP contribution in [0.25, 0.3) is 0 Å². The minimum absolute atomic E-state index is 0.230. The zero-order valence-corrected chi connectivity index (χ0v) is 11.3. The molecule has 1 heterocycles. The molecule has 1 saturated heterocycles. The summed E-state index contributed by atoms with van der Waals surface area (Å²) < 4.78 is 15.6. The molecule has 0 radical (unpaired) electrons. The normalized spacial score (nSPS) is 36.1. The number of carbonyl (C=O) groups is 2. The number of methoxy groups -OCH3 is 2. The van der Waals surface area contributed by atoms with Gasteiger partial charge in [-0.05, 0) is 12.8 Å². The lowest BCUT2D eigenvalue weighted by atomic mass is 9.69. The predicted molar refractivity (Wildman–Crippen MR) is 65.3 cm³/mol. The lowest BCUT2D eigenvalue weighted by Gasteiger charge is -2.30. The third-order valence-corrected chi connectivity index (χ3v) is 4.74. The summed E-state index contributed by atoms with van der Waals surface area (Å²) >= 11 is 0. The van der Waals surface area contributed by atoms with Gasteiger partial charge in [0.05, 0.1) is 25.4 Å². The Balaban J connectivity index is 1.98. The zero-order chi connectivity index (χ0) is 13.7. The minimum Gasteiger partial charge on any atom is -0.466 e. The fourth-order valence-corrected chi connectivity index (χ4v) is 3.72. The molecule has 0 aromatic heterocycles. The van der Waals surface area contributed by atoms with Crippen molar-refractivity contribution in [2.75, 3.05) is 14.2 Å². The standard InChI is InChI=1S/C14H18O5/c1-17-11(15)9-7-13-5-3-4-6-14(13,19-13)8-10(9)12(16)18-2/h3-8H2,1-2H3/t13-,14-/m1/s1. The van der Waals surface area contributed by atoms with Crippen molar-refractivity contribution in [2.45, 2.75) is 49.7 Å². The van der Waals surface area contributed by atoms with Gasteiger partial charge in [0.2, 0.25) is 0 Å². The molecular weight excluding hydrogens is 248 g/mol. The van der Waals surface area contributed by atoms with Crippen LogP contribution >= 0.6 is 0 Å². The van der Waals surface area contributed by atoms with Gasteiger partial charge in [-0.1, -0.05) is 12.8 Å². The molecule has 1 aliphatic heterocycles. The Kier molecular flexibility index (Phi) is 2.71. The number of hydrogen-bond donors (Lipinski definition) is 0. The first-order chi connectivity index (χ1) is 9.07. The van der Waals surface area contributed by atoms with E-state index in [1.165, 1.54) is 14.2 Å². The van der Waals surface area contributed by atoms with E-state index in [2.05, 4.69) is 0 Å². The summed E-state index contributed by atoms with van der Waals surface area (Å²) in [7, 11) is 2.66. The van der Waals surface area contributed by atoms with Crippen LogP contribution in [0, 0.1) is 0 Å². The van der Waals surface area contributed by atoms with Crippen molar-refractivity contribution in [3.63, 3.8) is 0 Å². The molecule has 0 spiro atoms. The fourth-order valence-electron chi connectivity index (χ4n) is 3.72. The summed E-state index contributed by atoms with van der Waals surface area (Å²) in [5.74, 6) is -0.881. The Labute approximate surface area is 111 Å². The van der Waals surface area contributed by atoms with Gasteiger partial charge in [-0.15, -0.1) is 0 Å². The van der Waals surface area contributed by atoms with Gasteiger partial charge >= 0.3 is 11.9 Å². The maximum Gasteiger partial charge on any atom is 0.334 e. The summed E-state index contributed by atoms with van der Waals surface area (Å²) in [5.41, 5.74) is 0.409. The highest BCUT2D eigenvalue weighted by molar-refractivity contribution is 6.01. The van der Waals surface area contributed by atoms with E-state index in [1.54, 1.807) is 0 Å². The number of epoxide rings is 1. The van der Waals surface area contributed by atoms with Crippen LogP contribution in [0.15, 0.2) is 11.1 Å². The molecule has 2 atom stereocenters. The average Bonchev–Trinajstić information content (AvgIpc) is 3.12. The maximum absolute atomic E-state index is 11.9. The first kappa shape index (κ1) is 12.7. The van der Waals surface area contributed by atoms with Crippen LogP contribution in [-0.4, -0.2) is 37.4 Å². The van der Waals surface area contributed by atoms with Crippen molar-refractivity contribution in [3.05, 3.63) is 11.1 Å². The van der Waals surface area contributed by atoms with Crippen molar-refractivity contribution < 1.29 is 23.8 Å². The molecular formula is C14H18O5. The molecule has 0 bridgehead atoms. The van der Waals surface area contributed by atoms with Gasteiger partial charge in [0.15, 0.2) is 0 Å². The minimum atomic E-state index is -0.440. The number of carbonyl (C=O) groups excluding carboxylic acids is 2. The van der Waals surface area contributed by atoms with Crippen molar-refractivity contribution >= 4 is 11.9 Å². The number of ether oxygens (including phenoxy) is 3. The van der Waals surface area contributed by atoms with Gasteiger partial charge in [-0.3, -0.25) is 0 Å². The van der Waals surface area contributed by atoms with Crippen LogP contribution in [0.1, 0.15) is 38.5 Å². The van der Waals surface area contributed by atoms with Crippen LogP contribution in [0.4, 0.5) is 0 Å². The molecule has 5 heteroatoms. The smallest absolute Gasteiger partial charge is 0.334 e. The lowest BCUT2D eigenvalue weighted by molar-refractivity contribution is -0.140. The molecule has 3 rings (SSSR count). The molecule has 0 aromatic carbocycles. The van der Waals surface area contributed by atoms with Gasteiger partial charge < -0.3 is 14.2 Å². The van der Waals surface area contributed by atoms with Gasteiger partial charge in [0.25, 0.3) is 0 Å². The Morgan fingerprint density at radius 1 is 0.947 bits per heavy atom. The molecule has 0 aromatic rings.